The van der Waals surface area contributed by atoms with Gasteiger partial charge in [0.1, 0.15) is 28.3 Å². The molecule has 1 atom stereocenters. The highest BCUT2D eigenvalue weighted by Gasteiger charge is 2.14. The third-order valence-corrected chi connectivity index (χ3v) is 4.56. The van der Waals surface area contributed by atoms with Crippen molar-refractivity contribution in [3.8, 4) is 11.5 Å². The van der Waals surface area contributed by atoms with Crippen LogP contribution in [0.25, 0.3) is 10.9 Å². The molecule has 8 heteroatoms. The van der Waals surface area contributed by atoms with Gasteiger partial charge in [0.05, 0.1) is 19.2 Å². The molecule has 0 radical (unpaired) electrons. The molecule has 1 amide bonds. The van der Waals surface area contributed by atoms with Crippen molar-refractivity contribution in [1.29, 1.82) is 0 Å². The predicted octanol–water partition coefficient (Wildman–Crippen LogP) is 3.10. The number of nitrogens with one attached hydrogen (secondary N) is 2. The average Bonchev–Trinajstić information content (AvgIpc) is 2.76. The number of para-hydroxylation sites is 1. The van der Waals surface area contributed by atoms with Crippen LogP contribution < -0.4 is 20.3 Å². The highest BCUT2D eigenvalue weighted by molar-refractivity contribution is 7.80. The van der Waals surface area contributed by atoms with Crippen LogP contribution in [0.15, 0.2) is 54.6 Å². The Kier molecular flexibility index (Phi) is 6.58. The molecule has 3 rings (SSSR count). The van der Waals surface area contributed by atoms with Gasteiger partial charge in [-0.15, -0.1) is 0 Å². The third-order valence-electron chi connectivity index (χ3n) is 4.24. The van der Waals surface area contributed by atoms with E-state index < -0.39 is 0 Å². The summed E-state index contributed by atoms with van der Waals surface area (Å²) < 4.78 is 11.2. The number of nitrogens with zero attached hydrogens (tertiary/aromatic N) is 1. The van der Waals surface area contributed by atoms with E-state index in [0.29, 0.717) is 29.1 Å². The summed E-state index contributed by atoms with van der Waals surface area (Å²) in [6, 6.07) is 16.1. The fraction of sp³-hybridized carbons (Fsp3) is 0.190. The van der Waals surface area contributed by atoms with E-state index in [2.05, 4.69) is 10.3 Å². The van der Waals surface area contributed by atoms with Gasteiger partial charge in [0, 0.05) is 17.0 Å². The van der Waals surface area contributed by atoms with Crippen LogP contribution in [-0.2, 0) is 0 Å². The van der Waals surface area contributed by atoms with Gasteiger partial charge in [-0.3, -0.25) is 15.5 Å². The first kappa shape index (κ1) is 20.5. The van der Waals surface area contributed by atoms with Crippen LogP contribution in [0.4, 0.5) is 0 Å². The van der Waals surface area contributed by atoms with E-state index in [0.717, 1.165) is 5.39 Å². The topological polar surface area (TPSA) is 92.7 Å². The van der Waals surface area contributed by atoms with Gasteiger partial charge in [-0.2, -0.15) is 0 Å². The number of ether oxygens (including phenoxy) is 2. The lowest BCUT2D eigenvalue weighted by Crippen LogP contribution is -2.34. The van der Waals surface area contributed by atoms with Gasteiger partial charge in [0.25, 0.3) is 5.91 Å². The van der Waals surface area contributed by atoms with E-state index in [9.17, 15) is 4.79 Å². The zero-order valence-electron chi connectivity index (χ0n) is 16.0. The van der Waals surface area contributed by atoms with Gasteiger partial charge < -0.3 is 14.8 Å². The van der Waals surface area contributed by atoms with E-state index in [1.54, 1.807) is 37.4 Å². The molecule has 2 aromatic carbocycles. The van der Waals surface area contributed by atoms with Crippen LogP contribution in [0.1, 0.15) is 23.0 Å². The molecule has 1 aromatic heterocycles. The minimum atomic E-state index is -0.306. The number of rotatable bonds is 7. The second-order valence-electron chi connectivity index (χ2n) is 6.33. The van der Waals surface area contributed by atoms with Crippen LogP contribution in [0.5, 0.6) is 11.5 Å². The number of pyridine rings is 1. The molecule has 29 heavy (non-hydrogen) atoms. The number of methoxy groups -OCH3 is 1. The van der Waals surface area contributed by atoms with Gasteiger partial charge in [-0.1, -0.05) is 24.4 Å². The highest BCUT2D eigenvalue weighted by Crippen LogP contribution is 2.24. The molecule has 0 bridgehead atoms. The Labute approximate surface area is 173 Å². The molecule has 0 aliphatic carbocycles. The molecule has 3 aromatic rings. The van der Waals surface area contributed by atoms with E-state index in [4.69, 9.17) is 26.9 Å². The first-order valence-corrected chi connectivity index (χ1v) is 9.35. The first-order valence-electron chi connectivity index (χ1n) is 8.95. The molecular formula is C21H21N3O4S. The summed E-state index contributed by atoms with van der Waals surface area (Å²) in [6.45, 7) is 2.15. The van der Waals surface area contributed by atoms with Gasteiger partial charge in [-0.05, 0) is 43.3 Å². The van der Waals surface area contributed by atoms with Crippen molar-refractivity contribution < 1.29 is 19.5 Å². The smallest absolute Gasteiger partial charge is 0.270 e. The quantitative estimate of drug-likeness (QED) is 0.406. The minimum Gasteiger partial charge on any atom is -0.496 e. The Hall–Kier alpha value is -3.23. The Morgan fingerprint density at radius 1 is 1.21 bits per heavy atom. The second-order valence-corrected chi connectivity index (χ2v) is 6.74. The van der Waals surface area contributed by atoms with E-state index in [-0.39, 0.29) is 22.7 Å². The number of fused-ring (bicyclic) bond motifs is 1. The summed E-state index contributed by atoms with van der Waals surface area (Å²) in [7, 11) is 1.56. The molecule has 0 spiro atoms. The Morgan fingerprint density at radius 3 is 2.62 bits per heavy atom. The summed E-state index contributed by atoms with van der Waals surface area (Å²) in [5.74, 6) is 0.918. The lowest BCUT2D eigenvalue weighted by Gasteiger charge is -2.16. The molecule has 0 fully saturated rings. The number of hydrogen-bond acceptors (Lipinski definition) is 6. The van der Waals surface area contributed by atoms with Crippen molar-refractivity contribution in [2.24, 2.45) is 0 Å². The number of benzene rings is 2. The van der Waals surface area contributed by atoms with Crippen LogP contribution in [0.2, 0.25) is 0 Å². The molecule has 7 nitrogen and oxygen atoms in total. The second kappa shape index (κ2) is 9.31. The molecule has 0 saturated heterocycles. The third kappa shape index (κ3) is 4.98. The van der Waals surface area contributed by atoms with E-state index in [1.165, 1.54) is 0 Å². The lowest BCUT2D eigenvalue weighted by atomic mass is 10.1. The number of thiocarbonyl (C=S) groups is 1. The Morgan fingerprint density at radius 2 is 1.93 bits per heavy atom. The molecular weight excluding hydrogens is 390 g/mol. The Bertz CT molecular complexity index is 1020. The fourth-order valence-electron chi connectivity index (χ4n) is 2.78. The monoisotopic (exact) mass is 411 g/mol. The normalized spacial score (nSPS) is 11.6. The standard InChI is InChI=1S/C21H21N3O4S/c1-13(28-15-9-7-14(8-10-15)21(29)24-26)12-22-20(25)18-11-19(27-2)16-5-3-4-6-17(16)23-18/h3-11,13,26H,12H2,1-2H3,(H,22,25)(H,24,29)/t13-/m1/s1. The van der Waals surface area contributed by atoms with E-state index >= 15 is 0 Å². The number of amides is 1. The maximum absolute atomic E-state index is 12.5. The molecule has 0 unspecified atom stereocenters. The first-order chi connectivity index (χ1) is 14.0. The maximum atomic E-state index is 12.5. The molecule has 3 N–H and O–H groups in total. The van der Waals surface area contributed by atoms with Crippen molar-refractivity contribution >= 4 is 34.0 Å². The van der Waals surface area contributed by atoms with Gasteiger partial charge in [0.2, 0.25) is 0 Å². The highest BCUT2D eigenvalue weighted by atomic mass is 32.1. The molecule has 0 aliphatic rings. The molecule has 150 valence electrons. The minimum absolute atomic E-state index is 0.232. The van der Waals surface area contributed by atoms with Crippen molar-refractivity contribution in [3.63, 3.8) is 0 Å². The zero-order valence-corrected chi connectivity index (χ0v) is 16.8. The number of carbonyl (C=O) groups is 1. The van der Waals surface area contributed by atoms with Crippen molar-refractivity contribution in [2.45, 2.75) is 13.0 Å². The van der Waals surface area contributed by atoms with Gasteiger partial charge in [-0.25, -0.2) is 4.98 Å². The van der Waals surface area contributed by atoms with Crippen molar-refractivity contribution in [2.75, 3.05) is 13.7 Å². The lowest BCUT2D eigenvalue weighted by molar-refractivity contribution is 0.0927. The Balaban J connectivity index is 1.61. The number of hydroxylamine groups is 1. The number of carbonyl (C=O) groups excluding carboxylic acids is 1. The summed E-state index contributed by atoms with van der Waals surface area (Å²) in [5, 5.41) is 12.5. The largest absolute Gasteiger partial charge is 0.496 e. The average molecular weight is 411 g/mol. The summed E-state index contributed by atoms with van der Waals surface area (Å²) >= 11 is 4.95. The SMILES string of the molecule is COc1cc(C(=O)NC[C@@H](C)Oc2ccc(C(=S)NO)cc2)nc2ccccc12. The molecule has 0 aliphatic heterocycles. The van der Waals surface area contributed by atoms with Crippen molar-refractivity contribution in [3.05, 3.63) is 65.9 Å². The van der Waals surface area contributed by atoms with Crippen LogP contribution in [0, 0.1) is 0 Å². The van der Waals surface area contributed by atoms with Gasteiger partial charge >= 0.3 is 0 Å². The zero-order chi connectivity index (χ0) is 20.8. The van der Waals surface area contributed by atoms with Crippen LogP contribution in [0.3, 0.4) is 0 Å². The number of aromatic nitrogens is 1. The fourth-order valence-corrected chi connectivity index (χ4v) is 2.92. The molecule has 0 saturated carbocycles. The maximum Gasteiger partial charge on any atom is 0.270 e. The number of hydrogen-bond donors (Lipinski definition) is 3. The summed E-state index contributed by atoms with van der Waals surface area (Å²) in [4.78, 5) is 17.2. The van der Waals surface area contributed by atoms with Crippen LogP contribution in [-0.4, -0.2) is 40.8 Å². The van der Waals surface area contributed by atoms with Gasteiger partial charge in [0.15, 0.2) is 0 Å². The molecule has 1 heterocycles. The summed E-state index contributed by atoms with van der Waals surface area (Å²) in [6.07, 6.45) is -0.268. The predicted molar refractivity (Wildman–Crippen MR) is 114 cm³/mol. The van der Waals surface area contributed by atoms with Crippen molar-refractivity contribution in [1.82, 2.24) is 15.8 Å². The van der Waals surface area contributed by atoms with E-state index in [1.807, 2.05) is 36.7 Å². The summed E-state index contributed by atoms with van der Waals surface area (Å²) in [5.41, 5.74) is 3.58. The van der Waals surface area contributed by atoms with Crippen LogP contribution >= 0.6 is 12.2 Å².